The van der Waals surface area contributed by atoms with Crippen molar-refractivity contribution in [3.8, 4) is 11.5 Å². The van der Waals surface area contributed by atoms with Crippen molar-refractivity contribution in [3.05, 3.63) is 59.7 Å². The van der Waals surface area contributed by atoms with Crippen LogP contribution < -0.4 is 9.47 Å². The maximum atomic E-state index is 12.5. The lowest BCUT2D eigenvalue weighted by molar-refractivity contribution is -0.152. The summed E-state index contributed by atoms with van der Waals surface area (Å²) in [5.41, 5.74) is 1.59. The third-order valence-electron chi connectivity index (χ3n) is 5.12. The van der Waals surface area contributed by atoms with E-state index in [1.165, 1.54) is 6.07 Å². The second-order valence-electron chi connectivity index (χ2n) is 8.94. The minimum absolute atomic E-state index is 0.130. The van der Waals surface area contributed by atoms with Crippen LogP contribution in [0.4, 0.5) is 0 Å². The normalized spacial score (nSPS) is 12.4. The second kappa shape index (κ2) is 16.0. The lowest BCUT2D eigenvalue weighted by Gasteiger charge is -2.14. The van der Waals surface area contributed by atoms with E-state index in [9.17, 15) is 19.2 Å². The number of carbonyl (C=O) groups is 4. The molecule has 0 aromatic heterocycles. The van der Waals surface area contributed by atoms with E-state index in [1.54, 1.807) is 32.1 Å². The molecule has 0 amide bonds. The van der Waals surface area contributed by atoms with E-state index in [0.717, 1.165) is 5.56 Å². The molecule has 0 aliphatic heterocycles. The molecule has 0 fully saturated rings. The number of rotatable bonds is 14. The van der Waals surface area contributed by atoms with Gasteiger partial charge in [-0.05, 0) is 49.9 Å². The van der Waals surface area contributed by atoms with Gasteiger partial charge in [-0.15, -0.1) is 0 Å². The van der Waals surface area contributed by atoms with Crippen LogP contribution >= 0.6 is 0 Å². The Kier molecular flexibility index (Phi) is 12.8. The monoisotopic (exact) mass is 524 g/mol. The van der Waals surface area contributed by atoms with Crippen molar-refractivity contribution in [3.63, 3.8) is 0 Å². The third kappa shape index (κ3) is 11.9. The van der Waals surface area contributed by atoms with Crippen LogP contribution in [0, 0.1) is 0 Å². The summed E-state index contributed by atoms with van der Waals surface area (Å²) in [6.45, 7) is 6.97. The van der Waals surface area contributed by atoms with E-state index in [0.29, 0.717) is 18.4 Å². The predicted octanol–water partition coefficient (Wildman–Crippen LogP) is 5.91. The van der Waals surface area contributed by atoms with Crippen molar-refractivity contribution in [2.24, 2.45) is 0 Å². The number of hydrogen-bond acceptors (Lipinski definition) is 8. The average Bonchev–Trinajstić information content (AvgIpc) is 2.83. The first-order chi connectivity index (χ1) is 18.2. The van der Waals surface area contributed by atoms with Crippen LogP contribution in [0.25, 0.3) is 12.2 Å². The maximum Gasteiger partial charge on any atom is 0.314 e. The largest absolute Gasteiger partial charge is 0.462 e. The lowest BCUT2D eigenvalue weighted by atomic mass is 10.1. The molecule has 2 aromatic rings. The molecule has 0 aliphatic rings. The Balaban J connectivity index is 2.14. The highest BCUT2D eigenvalue weighted by Gasteiger charge is 2.18. The molecule has 0 aliphatic carbocycles. The van der Waals surface area contributed by atoms with Gasteiger partial charge < -0.3 is 18.9 Å². The molecule has 0 unspecified atom stereocenters. The van der Waals surface area contributed by atoms with E-state index in [2.05, 4.69) is 0 Å². The third-order valence-corrected chi connectivity index (χ3v) is 5.12. The molecule has 2 rings (SSSR count). The zero-order chi connectivity index (χ0) is 27.9. The highest BCUT2D eigenvalue weighted by Crippen LogP contribution is 2.26. The lowest BCUT2D eigenvalue weighted by Crippen LogP contribution is -2.22. The minimum atomic E-state index is -0.642. The quantitative estimate of drug-likeness (QED) is 0.171. The fraction of sp³-hybridized carbons (Fsp3) is 0.400. The Morgan fingerprint density at radius 1 is 0.658 bits per heavy atom. The molecule has 0 saturated heterocycles. The zero-order valence-corrected chi connectivity index (χ0v) is 22.4. The van der Waals surface area contributed by atoms with Crippen LogP contribution in [0.3, 0.4) is 0 Å². The van der Waals surface area contributed by atoms with Gasteiger partial charge in [-0.3, -0.25) is 19.2 Å². The SMILES string of the molecule is CCCC(=O)O[C@H](C)CC(=O)Oc1cc(/C=C/c2ccccc2)cc(OC(=O)C[C@@H](C)OC(=O)CCC)c1. The van der Waals surface area contributed by atoms with Crippen LogP contribution in [0.5, 0.6) is 11.5 Å². The van der Waals surface area contributed by atoms with Gasteiger partial charge in [0.15, 0.2) is 0 Å². The van der Waals surface area contributed by atoms with Gasteiger partial charge in [-0.1, -0.05) is 56.3 Å². The van der Waals surface area contributed by atoms with E-state index in [-0.39, 0.29) is 49.1 Å². The molecule has 0 bridgehead atoms. The molecular formula is C30H36O8. The summed E-state index contributed by atoms with van der Waals surface area (Å²) in [6.07, 6.45) is 3.99. The maximum absolute atomic E-state index is 12.5. The first-order valence-corrected chi connectivity index (χ1v) is 12.9. The van der Waals surface area contributed by atoms with Crippen molar-refractivity contribution in [2.75, 3.05) is 0 Å². The predicted molar refractivity (Wildman–Crippen MR) is 143 cm³/mol. The van der Waals surface area contributed by atoms with Crippen LogP contribution in [0.1, 0.15) is 77.3 Å². The summed E-state index contributed by atoms with van der Waals surface area (Å²) in [6, 6.07) is 14.3. The summed E-state index contributed by atoms with van der Waals surface area (Å²) < 4.78 is 21.4. The van der Waals surface area contributed by atoms with Crippen molar-refractivity contribution < 1.29 is 38.1 Å². The van der Waals surface area contributed by atoms with Crippen molar-refractivity contribution in [1.29, 1.82) is 0 Å². The summed E-state index contributed by atoms with van der Waals surface area (Å²) >= 11 is 0. The summed E-state index contributed by atoms with van der Waals surface area (Å²) in [4.78, 5) is 48.4. The molecule has 8 heteroatoms. The Hall–Kier alpha value is -3.94. The van der Waals surface area contributed by atoms with E-state index < -0.39 is 24.1 Å². The number of carbonyl (C=O) groups excluding carboxylic acids is 4. The van der Waals surface area contributed by atoms with Gasteiger partial charge >= 0.3 is 23.9 Å². The number of esters is 4. The van der Waals surface area contributed by atoms with Gasteiger partial charge in [0.2, 0.25) is 0 Å². The number of hydrogen-bond donors (Lipinski definition) is 0. The molecule has 0 saturated carbocycles. The molecule has 2 atom stereocenters. The molecule has 204 valence electrons. The average molecular weight is 525 g/mol. The molecule has 0 heterocycles. The van der Waals surface area contributed by atoms with Gasteiger partial charge in [0, 0.05) is 18.9 Å². The molecule has 8 nitrogen and oxygen atoms in total. The summed E-state index contributed by atoms with van der Waals surface area (Å²) in [7, 11) is 0. The smallest absolute Gasteiger partial charge is 0.314 e. The van der Waals surface area contributed by atoms with E-state index in [1.807, 2.05) is 50.3 Å². The van der Waals surface area contributed by atoms with Crippen molar-refractivity contribution in [1.82, 2.24) is 0 Å². The number of benzene rings is 2. The zero-order valence-electron chi connectivity index (χ0n) is 22.4. The minimum Gasteiger partial charge on any atom is -0.462 e. The van der Waals surface area contributed by atoms with Crippen molar-refractivity contribution >= 4 is 36.0 Å². The summed E-state index contributed by atoms with van der Waals surface area (Å²) in [5.74, 6) is -1.60. The molecule has 0 radical (unpaired) electrons. The van der Waals surface area contributed by atoms with Gasteiger partial charge in [-0.25, -0.2) is 0 Å². The number of ether oxygens (including phenoxy) is 4. The Bertz CT molecular complexity index is 1050. The van der Waals surface area contributed by atoms with Crippen LogP contribution in [-0.2, 0) is 28.7 Å². The van der Waals surface area contributed by atoms with Gasteiger partial charge in [-0.2, -0.15) is 0 Å². The van der Waals surface area contributed by atoms with Gasteiger partial charge in [0.05, 0.1) is 12.8 Å². The fourth-order valence-corrected chi connectivity index (χ4v) is 3.44. The first kappa shape index (κ1) is 30.3. The van der Waals surface area contributed by atoms with Crippen LogP contribution in [-0.4, -0.2) is 36.1 Å². The first-order valence-electron chi connectivity index (χ1n) is 12.9. The molecule has 0 spiro atoms. The van der Waals surface area contributed by atoms with Gasteiger partial charge in [0.25, 0.3) is 0 Å². The standard InChI is InChI=1S/C30H36O8/c1-5-10-27(31)35-21(3)16-29(33)37-25-18-24(15-14-23-12-8-7-9-13-23)19-26(20-25)38-30(34)17-22(4)36-28(32)11-6-2/h7-9,12-15,18-22H,5-6,10-11,16-17H2,1-4H3/b15-14+/t21-,22-/m1/s1. The Morgan fingerprint density at radius 2 is 1.11 bits per heavy atom. The molecular weight excluding hydrogens is 488 g/mol. The Morgan fingerprint density at radius 3 is 1.55 bits per heavy atom. The van der Waals surface area contributed by atoms with E-state index in [4.69, 9.17) is 18.9 Å². The highest BCUT2D eigenvalue weighted by atomic mass is 16.6. The van der Waals surface area contributed by atoms with Crippen LogP contribution in [0.2, 0.25) is 0 Å². The topological polar surface area (TPSA) is 105 Å². The van der Waals surface area contributed by atoms with Crippen LogP contribution in [0.15, 0.2) is 48.5 Å². The highest BCUT2D eigenvalue weighted by molar-refractivity contribution is 5.78. The summed E-state index contributed by atoms with van der Waals surface area (Å²) in [5, 5.41) is 0. The van der Waals surface area contributed by atoms with Crippen molar-refractivity contribution in [2.45, 2.75) is 78.4 Å². The Labute approximate surface area is 223 Å². The fourth-order valence-electron chi connectivity index (χ4n) is 3.44. The second-order valence-corrected chi connectivity index (χ2v) is 8.94. The van der Waals surface area contributed by atoms with E-state index >= 15 is 0 Å². The van der Waals surface area contributed by atoms with Gasteiger partial charge in [0.1, 0.15) is 23.7 Å². The molecule has 2 aromatic carbocycles. The molecule has 0 N–H and O–H groups in total. The molecule has 38 heavy (non-hydrogen) atoms.